The van der Waals surface area contributed by atoms with Crippen molar-refractivity contribution >= 4 is 5.91 Å². The standard InChI is InChI=1S/C23H29N5O2/c29-22-17(14-25-7-1-2-8-25)5-6-21-18-10-16(13-27(21)22)12-26(15-18)23(30)20-11-19-4-3-9-28(19)24-20/h5-6,11,16,18H,1-4,7-10,12-15H2/t16-,18+/m0/s1. The van der Waals surface area contributed by atoms with E-state index in [0.29, 0.717) is 18.2 Å². The third-order valence-corrected chi connectivity index (χ3v) is 7.45. The number of hydrogen-bond donors (Lipinski definition) is 0. The number of aryl methyl sites for hydroxylation is 2. The summed E-state index contributed by atoms with van der Waals surface area (Å²) < 4.78 is 3.99. The zero-order valence-corrected chi connectivity index (χ0v) is 17.4. The fourth-order valence-corrected chi connectivity index (χ4v) is 5.99. The van der Waals surface area contributed by atoms with Crippen LogP contribution < -0.4 is 5.56 Å². The molecule has 0 saturated carbocycles. The van der Waals surface area contributed by atoms with Gasteiger partial charge in [-0.3, -0.25) is 19.2 Å². The predicted molar refractivity (Wildman–Crippen MR) is 113 cm³/mol. The van der Waals surface area contributed by atoms with Crippen molar-refractivity contribution in [2.24, 2.45) is 5.92 Å². The highest BCUT2D eigenvalue weighted by molar-refractivity contribution is 5.92. The molecule has 7 heteroatoms. The van der Waals surface area contributed by atoms with Crippen molar-refractivity contribution in [1.82, 2.24) is 24.1 Å². The third-order valence-electron chi connectivity index (χ3n) is 7.45. The Hall–Kier alpha value is -2.41. The number of likely N-dealkylation sites (tertiary alicyclic amines) is 2. The molecule has 0 spiro atoms. The van der Waals surface area contributed by atoms with Crippen LogP contribution >= 0.6 is 0 Å². The van der Waals surface area contributed by atoms with Crippen molar-refractivity contribution in [3.8, 4) is 0 Å². The number of rotatable bonds is 3. The molecule has 2 saturated heterocycles. The molecule has 2 aromatic rings. The number of amides is 1. The van der Waals surface area contributed by atoms with Crippen LogP contribution in [-0.4, -0.2) is 56.2 Å². The lowest BCUT2D eigenvalue weighted by Gasteiger charge is -2.42. The van der Waals surface area contributed by atoms with Gasteiger partial charge in [-0.25, -0.2) is 0 Å². The van der Waals surface area contributed by atoms with Gasteiger partial charge in [-0.05, 0) is 63.2 Å². The van der Waals surface area contributed by atoms with Gasteiger partial charge in [0.2, 0.25) is 0 Å². The molecule has 2 bridgehead atoms. The molecule has 6 rings (SSSR count). The molecule has 0 radical (unpaired) electrons. The molecule has 6 heterocycles. The van der Waals surface area contributed by atoms with Crippen LogP contribution in [0.25, 0.3) is 0 Å². The van der Waals surface area contributed by atoms with Gasteiger partial charge in [-0.2, -0.15) is 5.10 Å². The number of carbonyl (C=O) groups excluding carboxylic acids is 1. The molecule has 2 atom stereocenters. The number of pyridine rings is 1. The molecule has 1 amide bonds. The van der Waals surface area contributed by atoms with Gasteiger partial charge in [0.15, 0.2) is 5.69 Å². The minimum absolute atomic E-state index is 0.0491. The van der Waals surface area contributed by atoms with E-state index in [2.05, 4.69) is 16.1 Å². The Morgan fingerprint density at radius 1 is 1.07 bits per heavy atom. The van der Waals surface area contributed by atoms with Gasteiger partial charge >= 0.3 is 0 Å². The van der Waals surface area contributed by atoms with Gasteiger partial charge in [-0.15, -0.1) is 0 Å². The van der Waals surface area contributed by atoms with Gasteiger partial charge in [0.25, 0.3) is 11.5 Å². The number of fused-ring (bicyclic) bond motifs is 5. The number of piperidine rings is 1. The summed E-state index contributed by atoms with van der Waals surface area (Å²) in [6.45, 7) is 6.01. The average molecular weight is 408 g/mol. The van der Waals surface area contributed by atoms with Crippen molar-refractivity contribution in [1.29, 1.82) is 0 Å². The van der Waals surface area contributed by atoms with Gasteiger partial charge in [0, 0.05) is 55.6 Å². The number of aromatic nitrogens is 3. The molecule has 4 aliphatic heterocycles. The second kappa shape index (κ2) is 7.08. The van der Waals surface area contributed by atoms with Crippen LogP contribution in [0.4, 0.5) is 0 Å². The smallest absolute Gasteiger partial charge is 0.274 e. The van der Waals surface area contributed by atoms with E-state index in [1.807, 2.05) is 26.3 Å². The monoisotopic (exact) mass is 407 g/mol. The Morgan fingerprint density at radius 2 is 1.93 bits per heavy atom. The highest BCUT2D eigenvalue weighted by Crippen LogP contribution is 2.36. The summed E-state index contributed by atoms with van der Waals surface area (Å²) in [6, 6.07) is 6.16. The van der Waals surface area contributed by atoms with E-state index in [0.717, 1.165) is 69.8 Å². The summed E-state index contributed by atoms with van der Waals surface area (Å²) in [5.74, 6) is 0.631. The van der Waals surface area contributed by atoms with E-state index in [9.17, 15) is 9.59 Å². The van der Waals surface area contributed by atoms with Gasteiger partial charge in [-0.1, -0.05) is 6.07 Å². The predicted octanol–water partition coefficient (Wildman–Crippen LogP) is 1.85. The number of nitrogens with zero attached hydrogens (tertiary/aromatic N) is 5. The molecule has 0 aromatic carbocycles. The summed E-state index contributed by atoms with van der Waals surface area (Å²) in [5, 5.41) is 4.54. The Kier molecular flexibility index (Phi) is 4.33. The van der Waals surface area contributed by atoms with Crippen molar-refractivity contribution in [3.05, 3.63) is 51.2 Å². The minimum Gasteiger partial charge on any atom is -0.336 e. The molecule has 2 aromatic heterocycles. The lowest BCUT2D eigenvalue weighted by molar-refractivity contribution is 0.0587. The Labute approximate surface area is 176 Å². The van der Waals surface area contributed by atoms with Crippen molar-refractivity contribution in [2.45, 2.75) is 57.7 Å². The maximum Gasteiger partial charge on any atom is 0.274 e. The lowest BCUT2D eigenvalue weighted by atomic mass is 9.83. The molecular weight excluding hydrogens is 378 g/mol. The van der Waals surface area contributed by atoms with Crippen molar-refractivity contribution in [2.75, 3.05) is 26.2 Å². The van der Waals surface area contributed by atoms with Crippen LogP contribution in [0.3, 0.4) is 0 Å². The van der Waals surface area contributed by atoms with E-state index in [4.69, 9.17) is 0 Å². The summed E-state index contributed by atoms with van der Waals surface area (Å²) >= 11 is 0. The first-order chi connectivity index (χ1) is 14.7. The highest BCUT2D eigenvalue weighted by atomic mass is 16.2. The van der Waals surface area contributed by atoms with E-state index in [1.54, 1.807) is 0 Å². The quantitative estimate of drug-likeness (QED) is 0.779. The first kappa shape index (κ1) is 18.4. The number of hydrogen-bond acceptors (Lipinski definition) is 4. The van der Waals surface area contributed by atoms with E-state index >= 15 is 0 Å². The molecule has 158 valence electrons. The second-order valence-corrected chi connectivity index (χ2v) is 9.54. The van der Waals surface area contributed by atoms with Gasteiger partial charge in [0.1, 0.15) is 0 Å². The second-order valence-electron chi connectivity index (χ2n) is 9.54. The zero-order chi connectivity index (χ0) is 20.2. The van der Waals surface area contributed by atoms with E-state index in [-0.39, 0.29) is 17.4 Å². The first-order valence-corrected chi connectivity index (χ1v) is 11.5. The lowest BCUT2D eigenvalue weighted by Crippen LogP contribution is -2.49. The Morgan fingerprint density at radius 3 is 2.77 bits per heavy atom. The summed E-state index contributed by atoms with van der Waals surface area (Å²) in [6.07, 6.45) is 5.67. The largest absolute Gasteiger partial charge is 0.336 e. The average Bonchev–Trinajstić information content (AvgIpc) is 3.47. The molecule has 2 fully saturated rings. The topological polar surface area (TPSA) is 63.4 Å². The summed E-state index contributed by atoms with van der Waals surface area (Å²) in [5.41, 5.74) is 3.97. The summed E-state index contributed by atoms with van der Waals surface area (Å²) in [4.78, 5) is 30.7. The molecule has 7 nitrogen and oxygen atoms in total. The zero-order valence-electron chi connectivity index (χ0n) is 17.4. The summed E-state index contributed by atoms with van der Waals surface area (Å²) in [7, 11) is 0. The molecule has 0 aliphatic carbocycles. The normalized spacial score (nSPS) is 25.4. The van der Waals surface area contributed by atoms with Crippen molar-refractivity contribution in [3.63, 3.8) is 0 Å². The maximum absolute atomic E-state index is 13.2. The highest BCUT2D eigenvalue weighted by Gasteiger charge is 2.37. The van der Waals surface area contributed by atoms with Crippen LogP contribution in [0.15, 0.2) is 23.0 Å². The Bertz CT molecular complexity index is 1030. The van der Waals surface area contributed by atoms with Crippen LogP contribution in [0.1, 0.15) is 59.0 Å². The molecular formula is C23H29N5O2. The van der Waals surface area contributed by atoms with Crippen LogP contribution in [0.5, 0.6) is 0 Å². The molecule has 0 unspecified atom stereocenters. The molecule has 30 heavy (non-hydrogen) atoms. The van der Waals surface area contributed by atoms with Gasteiger partial charge < -0.3 is 9.47 Å². The van der Waals surface area contributed by atoms with Crippen LogP contribution in [0.2, 0.25) is 0 Å². The van der Waals surface area contributed by atoms with Gasteiger partial charge in [0.05, 0.1) is 0 Å². The Balaban J connectivity index is 1.24. The van der Waals surface area contributed by atoms with Crippen LogP contribution in [0, 0.1) is 5.92 Å². The first-order valence-electron chi connectivity index (χ1n) is 11.5. The minimum atomic E-state index is 0.0491. The van der Waals surface area contributed by atoms with E-state index in [1.165, 1.54) is 18.5 Å². The SMILES string of the molecule is O=C(c1cc2n(n1)CCC2)N1C[C@@H]2C[C@H](C1)c1ccc(CN3CCCC3)c(=O)n1C2. The fourth-order valence-electron chi connectivity index (χ4n) is 5.99. The van der Waals surface area contributed by atoms with E-state index < -0.39 is 0 Å². The third kappa shape index (κ3) is 3.02. The molecule has 0 N–H and O–H groups in total. The van der Waals surface area contributed by atoms with Crippen molar-refractivity contribution < 1.29 is 4.79 Å². The molecule has 4 aliphatic rings. The maximum atomic E-state index is 13.2. The number of carbonyl (C=O) groups is 1. The van der Waals surface area contributed by atoms with Crippen LogP contribution in [-0.2, 0) is 26.1 Å². The fraction of sp³-hybridized carbons (Fsp3) is 0.609.